The van der Waals surface area contributed by atoms with Gasteiger partial charge in [-0.2, -0.15) is 5.10 Å². The first-order valence-electron chi connectivity index (χ1n) is 10.9. The number of carbonyl (C=O) groups is 3. The lowest BCUT2D eigenvalue weighted by Crippen LogP contribution is -2.32. The number of nitrogens with zero attached hydrogens (tertiary/aromatic N) is 1. The van der Waals surface area contributed by atoms with Gasteiger partial charge < -0.3 is 20.1 Å². The largest absolute Gasteiger partial charge is 0.494 e. The summed E-state index contributed by atoms with van der Waals surface area (Å²) in [6, 6.07) is 20.9. The molecule has 0 aliphatic rings. The first-order valence-corrected chi connectivity index (χ1v) is 10.9. The van der Waals surface area contributed by atoms with E-state index in [9.17, 15) is 14.4 Å². The van der Waals surface area contributed by atoms with Crippen LogP contribution in [0.4, 0.5) is 11.4 Å². The number of anilines is 2. The van der Waals surface area contributed by atoms with Crippen LogP contribution < -0.4 is 25.5 Å². The number of hydrazone groups is 1. The van der Waals surface area contributed by atoms with Crippen LogP contribution in [0.3, 0.4) is 0 Å². The number of carbonyl (C=O) groups excluding carboxylic acids is 3. The van der Waals surface area contributed by atoms with E-state index in [-0.39, 0.29) is 12.5 Å². The van der Waals surface area contributed by atoms with Crippen molar-refractivity contribution in [1.82, 2.24) is 5.43 Å². The van der Waals surface area contributed by atoms with Gasteiger partial charge in [0, 0.05) is 16.9 Å². The summed E-state index contributed by atoms with van der Waals surface area (Å²) in [5.74, 6) is -1.01. The van der Waals surface area contributed by atoms with Crippen molar-refractivity contribution in [3.8, 4) is 11.5 Å². The molecule has 0 spiro atoms. The fraction of sp³-hybridized carbons (Fsp3) is 0.154. The van der Waals surface area contributed by atoms with Crippen molar-refractivity contribution < 1.29 is 23.9 Å². The first-order chi connectivity index (χ1) is 16.9. The van der Waals surface area contributed by atoms with E-state index in [0.717, 1.165) is 11.3 Å². The van der Waals surface area contributed by atoms with Gasteiger partial charge in [-0.3, -0.25) is 14.4 Å². The molecule has 3 amide bonds. The van der Waals surface area contributed by atoms with Gasteiger partial charge in [0.1, 0.15) is 11.5 Å². The second kappa shape index (κ2) is 12.5. The third kappa shape index (κ3) is 8.01. The Labute approximate surface area is 203 Å². The summed E-state index contributed by atoms with van der Waals surface area (Å²) >= 11 is 0. The average molecular weight is 475 g/mol. The summed E-state index contributed by atoms with van der Waals surface area (Å²) in [6.45, 7) is 4.10. The zero-order valence-electron chi connectivity index (χ0n) is 19.4. The van der Waals surface area contributed by atoms with E-state index >= 15 is 0 Å². The van der Waals surface area contributed by atoms with Crippen molar-refractivity contribution in [3.05, 3.63) is 83.9 Å². The maximum atomic E-state index is 12.3. The number of aryl methyl sites for hydroxylation is 1. The van der Waals surface area contributed by atoms with E-state index in [1.165, 1.54) is 6.21 Å². The topological polar surface area (TPSA) is 118 Å². The number of hydrogen-bond donors (Lipinski definition) is 3. The van der Waals surface area contributed by atoms with Crippen molar-refractivity contribution in [1.29, 1.82) is 0 Å². The number of hydrogen-bond acceptors (Lipinski definition) is 6. The monoisotopic (exact) mass is 474 g/mol. The molecule has 0 radical (unpaired) electrons. The molecule has 180 valence electrons. The predicted octanol–water partition coefficient (Wildman–Crippen LogP) is 3.50. The van der Waals surface area contributed by atoms with Gasteiger partial charge in [0.2, 0.25) is 0 Å². The molecule has 0 heterocycles. The molecule has 0 saturated carbocycles. The van der Waals surface area contributed by atoms with E-state index in [1.54, 1.807) is 66.7 Å². The van der Waals surface area contributed by atoms with Crippen molar-refractivity contribution in [2.24, 2.45) is 5.10 Å². The molecule has 3 rings (SSSR count). The Hall–Kier alpha value is -4.66. The number of ether oxygens (including phenoxy) is 2. The summed E-state index contributed by atoms with van der Waals surface area (Å²) in [6.07, 6.45) is 1.33. The highest BCUT2D eigenvalue weighted by atomic mass is 16.5. The van der Waals surface area contributed by atoms with Crippen LogP contribution in [0.25, 0.3) is 0 Å². The lowest BCUT2D eigenvalue weighted by atomic mass is 10.2. The van der Waals surface area contributed by atoms with Gasteiger partial charge in [-0.15, -0.1) is 0 Å². The lowest BCUT2D eigenvalue weighted by Gasteiger charge is -2.10. The SMILES string of the molecule is CCOc1ccc(NC(=O)COc2ccccc2/C=N\NC(=O)C(=O)Nc2cccc(C)c2)cc1. The molecular weight excluding hydrogens is 448 g/mol. The van der Waals surface area contributed by atoms with Crippen LogP contribution in [0.15, 0.2) is 77.9 Å². The molecule has 0 aliphatic heterocycles. The number of benzene rings is 3. The minimum atomic E-state index is -0.920. The van der Waals surface area contributed by atoms with Gasteiger partial charge in [0.25, 0.3) is 5.91 Å². The summed E-state index contributed by atoms with van der Waals surface area (Å²) in [5, 5.41) is 9.07. The van der Waals surface area contributed by atoms with Crippen molar-refractivity contribution in [2.45, 2.75) is 13.8 Å². The van der Waals surface area contributed by atoms with Crippen LogP contribution >= 0.6 is 0 Å². The molecular formula is C26H26N4O5. The summed E-state index contributed by atoms with van der Waals surface area (Å²) < 4.78 is 11.0. The highest BCUT2D eigenvalue weighted by Gasteiger charge is 2.13. The van der Waals surface area contributed by atoms with E-state index in [0.29, 0.717) is 29.3 Å². The van der Waals surface area contributed by atoms with Gasteiger partial charge in [-0.25, -0.2) is 5.43 Å². The van der Waals surface area contributed by atoms with E-state index in [1.807, 2.05) is 19.9 Å². The first kappa shape index (κ1) is 25.0. The Morgan fingerprint density at radius 3 is 2.37 bits per heavy atom. The Bertz CT molecular complexity index is 1210. The minimum Gasteiger partial charge on any atom is -0.494 e. The zero-order valence-corrected chi connectivity index (χ0v) is 19.4. The molecule has 3 N–H and O–H groups in total. The highest BCUT2D eigenvalue weighted by Crippen LogP contribution is 2.17. The molecule has 0 bridgehead atoms. The normalized spacial score (nSPS) is 10.5. The number of para-hydroxylation sites is 1. The Morgan fingerprint density at radius 2 is 1.63 bits per heavy atom. The molecule has 0 atom stereocenters. The predicted molar refractivity (Wildman–Crippen MR) is 134 cm³/mol. The number of amides is 3. The molecule has 3 aromatic rings. The summed E-state index contributed by atoms with van der Waals surface area (Å²) in [5.41, 5.74) is 4.77. The van der Waals surface area contributed by atoms with Gasteiger partial charge in [-0.05, 0) is 67.9 Å². The Balaban J connectivity index is 1.51. The van der Waals surface area contributed by atoms with Crippen LogP contribution in [0.1, 0.15) is 18.1 Å². The molecule has 0 fully saturated rings. The molecule has 3 aromatic carbocycles. The third-order valence-corrected chi connectivity index (χ3v) is 4.58. The fourth-order valence-electron chi connectivity index (χ4n) is 2.98. The smallest absolute Gasteiger partial charge is 0.329 e. The van der Waals surface area contributed by atoms with E-state index < -0.39 is 11.8 Å². The Morgan fingerprint density at radius 1 is 0.857 bits per heavy atom. The second-order valence-corrected chi connectivity index (χ2v) is 7.35. The van der Waals surface area contributed by atoms with E-state index in [4.69, 9.17) is 9.47 Å². The van der Waals surface area contributed by atoms with E-state index in [2.05, 4.69) is 21.2 Å². The van der Waals surface area contributed by atoms with Crippen LogP contribution in [-0.2, 0) is 14.4 Å². The fourth-order valence-corrected chi connectivity index (χ4v) is 2.98. The van der Waals surface area contributed by atoms with Crippen molar-refractivity contribution in [2.75, 3.05) is 23.8 Å². The quantitative estimate of drug-likeness (QED) is 0.249. The average Bonchev–Trinajstić information content (AvgIpc) is 2.85. The minimum absolute atomic E-state index is 0.233. The van der Waals surface area contributed by atoms with Gasteiger partial charge in [0.05, 0.1) is 12.8 Å². The maximum absolute atomic E-state index is 12.3. The highest BCUT2D eigenvalue weighted by molar-refractivity contribution is 6.39. The molecule has 9 heteroatoms. The molecule has 0 unspecified atom stereocenters. The van der Waals surface area contributed by atoms with Crippen LogP contribution in [0.2, 0.25) is 0 Å². The van der Waals surface area contributed by atoms with Crippen LogP contribution in [0.5, 0.6) is 11.5 Å². The second-order valence-electron chi connectivity index (χ2n) is 7.35. The third-order valence-electron chi connectivity index (χ3n) is 4.58. The number of nitrogens with one attached hydrogen (secondary N) is 3. The summed E-state index contributed by atoms with van der Waals surface area (Å²) in [4.78, 5) is 36.3. The van der Waals surface area contributed by atoms with Crippen LogP contribution in [-0.4, -0.2) is 37.1 Å². The van der Waals surface area contributed by atoms with Gasteiger partial charge in [0.15, 0.2) is 6.61 Å². The summed E-state index contributed by atoms with van der Waals surface area (Å²) in [7, 11) is 0. The molecule has 0 saturated heterocycles. The van der Waals surface area contributed by atoms with Crippen LogP contribution in [0, 0.1) is 6.92 Å². The molecule has 0 aromatic heterocycles. The van der Waals surface area contributed by atoms with Crippen molar-refractivity contribution >= 4 is 35.3 Å². The molecule has 9 nitrogen and oxygen atoms in total. The standard InChI is InChI=1S/C26H26N4O5/c1-3-34-22-13-11-20(12-14-22)28-24(31)17-35-23-10-5-4-8-19(23)16-27-30-26(33)25(32)29-21-9-6-7-18(2)15-21/h4-16H,3,17H2,1-2H3,(H,28,31)(H,29,32)(H,30,33)/b27-16-. The van der Waals surface area contributed by atoms with Gasteiger partial charge in [-0.1, -0.05) is 24.3 Å². The molecule has 35 heavy (non-hydrogen) atoms. The zero-order chi connectivity index (χ0) is 25.0. The van der Waals surface area contributed by atoms with Crippen molar-refractivity contribution in [3.63, 3.8) is 0 Å². The lowest BCUT2D eigenvalue weighted by molar-refractivity contribution is -0.136. The number of rotatable bonds is 9. The Kier molecular flexibility index (Phi) is 8.95. The maximum Gasteiger partial charge on any atom is 0.329 e. The molecule has 0 aliphatic carbocycles. The van der Waals surface area contributed by atoms with Gasteiger partial charge >= 0.3 is 11.8 Å².